The van der Waals surface area contributed by atoms with Gasteiger partial charge in [-0.3, -0.25) is 9.59 Å². The molecule has 0 aromatic heterocycles. The third-order valence-corrected chi connectivity index (χ3v) is 6.34. The Kier molecular flexibility index (Phi) is 7.20. The monoisotopic (exact) mass is 485 g/mol. The average Bonchev–Trinajstić information content (AvgIpc) is 3.17. The molecule has 0 spiro atoms. The summed E-state index contributed by atoms with van der Waals surface area (Å²) in [6.45, 7) is 2.13. The SMILES string of the molecule is CCc1ccc(/C(O)=C2\C(=O)C(=O)N(Cc3ccc(C(=O)OC)cc3)C2c2ccc(OC)cc2)cc1. The minimum Gasteiger partial charge on any atom is -0.507 e. The number of carbonyl (C=O) groups excluding carboxylic acids is 3. The van der Waals surface area contributed by atoms with E-state index in [1.54, 1.807) is 67.8 Å². The fraction of sp³-hybridized carbons (Fsp3) is 0.207. The molecule has 0 aliphatic carbocycles. The lowest BCUT2D eigenvalue weighted by molar-refractivity contribution is -0.140. The summed E-state index contributed by atoms with van der Waals surface area (Å²) in [5.41, 5.74) is 3.34. The van der Waals surface area contributed by atoms with Crippen molar-refractivity contribution in [3.63, 3.8) is 0 Å². The minimum atomic E-state index is -0.804. The van der Waals surface area contributed by atoms with Crippen LogP contribution in [-0.2, 0) is 27.3 Å². The lowest BCUT2D eigenvalue weighted by Crippen LogP contribution is -2.29. The topological polar surface area (TPSA) is 93.1 Å². The van der Waals surface area contributed by atoms with Gasteiger partial charge < -0.3 is 19.5 Å². The molecule has 4 rings (SSSR count). The predicted octanol–water partition coefficient (Wildman–Crippen LogP) is 4.67. The molecule has 0 saturated carbocycles. The van der Waals surface area contributed by atoms with E-state index in [1.165, 1.54) is 12.0 Å². The summed E-state index contributed by atoms with van der Waals surface area (Å²) in [4.78, 5) is 39.7. The molecule has 0 radical (unpaired) electrons. The molecule has 3 aromatic rings. The van der Waals surface area contributed by atoms with Crippen LogP contribution in [0.1, 0.15) is 45.6 Å². The Hall–Kier alpha value is -4.39. The number of nitrogens with zero attached hydrogens (tertiary/aromatic N) is 1. The number of aliphatic hydroxyl groups excluding tert-OH is 1. The molecule has 1 saturated heterocycles. The first kappa shape index (κ1) is 24.7. The number of ketones is 1. The molecule has 3 aromatic carbocycles. The van der Waals surface area contributed by atoms with Crippen LogP contribution >= 0.6 is 0 Å². The van der Waals surface area contributed by atoms with Crippen LogP contribution in [0.5, 0.6) is 5.75 Å². The zero-order chi connectivity index (χ0) is 25.8. The Labute approximate surface area is 209 Å². The molecular weight excluding hydrogens is 458 g/mol. The standard InChI is InChI=1S/C29H27NO6/c1-4-18-5-9-21(10-6-18)26(31)24-25(20-13-15-23(35-2)16-14-20)30(28(33)27(24)32)17-19-7-11-22(12-8-19)29(34)36-3/h5-16,25,31H,4,17H2,1-3H3/b26-24+. The number of rotatable bonds is 7. The average molecular weight is 486 g/mol. The summed E-state index contributed by atoms with van der Waals surface area (Å²) in [7, 11) is 2.86. The van der Waals surface area contributed by atoms with E-state index in [-0.39, 0.29) is 17.9 Å². The lowest BCUT2D eigenvalue weighted by atomic mass is 9.94. The van der Waals surface area contributed by atoms with E-state index < -0.39 is 23.7 Å². The number of benzene rings is 3. The molecule has 1 amide bonds. The maximum atomic E-state index is 13.2. The van der Waals surface area contributed by atoms with Crippen LogP contribution in [0.15, 0.2) is 78.4 Å². The maximum Gasteiger partial charge on any atom is 0.337 e. The highest BCUT2D eigenvalue weighted by molar-refractivity contribution is 6.46. The summed E-state index contributed by atoms with van der Waals surface area (Å²) >= 11 is 0. The number of amides is 1. The van der Waals surface area contributed by atoms with Crippen molar-refractivity contribution in [2.75, 3.05) is 14.2 Å². The van der Waals surface area contributed by atoms with Gasteiger partial charge in [0.25, 0.3) is 11.7 Å². The van der Waals surface area contributed by atoms with Crippen molar-refractivity contribution in [2.45, 2.75) is 25.9 Å². The van der Waals surface area contributed by atoms with Crippen molar-refractivity contribution >= 4 is 23.4 Å². The van der Waals surface area contributed by atoms with Gasteiger partial charge >= 0.3 is 5.97 Å². The number of ether oxygens (including phenoxy) is 2. The Morgan fingerprint density at radius 1 is 0.861 bits per heavy atom. The number of hydrogen-bond donors (Lipinski definition) is 1. The maximum absolute atomic E-state index is 13.2. The summed E-state index contributed by atoms with van der Waals surface area (Å²) < 4.78 is 9.99. The van der Waals surface area contributed by atoms with Gasteiger partial charge in [0.15, 0.2) is 0 Å². The van der Waals surface area contributed by atoms with Crippen molar-refractivity contribution in [1.82, 2.24) is 4.90 Å². The van der Waals surface area contributed by atoms with Crippen LogP contribution in [0.3, 0.4) is 0 Å². The quantitative estimate of drug-likeness (QED) is 0.226. The minimum absolute atomic E-state index is 0.0283. The van der Waals surface area contributed by atoms with E-state index in [0.29, 0.717) is 22.4 Å². The number of likely N-dealkylation sites (tertiary alicyclic amines) is 1. The predicted molar refractivity (Wildman–Crippen MR) is 134 cm³/mol. The Morgan fingerprint density at radius 3 is 2.00 bits per heavy atom. The van der Waals surface area contributed by atoms with E-state index in [4.69, 9.17) is 9.47 Å². The molecule has 184 valence electrons. The van der Waals surface area contributed by atoms with Crippen LogP contribution in [0.25, 0.3) is 5.76 Å². The summed E-state index contributed by atoms with van der Waals surface area (Å²) in [6.07, 6.45) is 0.839. The third-order valence-electron chi connectivity index (χ3n) is 6.34. The van der Waals surface area contributed by atoms with Gasteiger partial charge in [-0.1, -0.05) is 55.5 Å². The zero-order valence-corrected chi connectivity index (χ0v) is 20.4. The number of hydrogen-bond acceptors (Lipinski definition) is 6. The Balaban J connectivity index is 1.78. The molecule has 1 fully saturated rings. The molecule has 1 unspecified atom stereocenters. The largest absolute Gasteiger partial charge is 0.507 e. The van der Waals surface area contributed by atoms with E-state index in [2.05, 4.69) is 0 Å². The number of methoxy groups -OCH3 is 2. The molecule has 1 atom stereocenters. The fourth-order valence-electron chi connectivity index (χ4n) is 4.29. The number of esters is 1. The van der Waals surface area contributed by atoms with Crippen molar-refractivity contribution in [3.05, 3.63) is 106 Å². The number of carbonyl (C=O) groups is 3. The van der Waals surface area contributed by atoms with Gasteiger partial charge in [0, 0.05) is 12.1 Å². The van der Waals surface area contributed by atoms with Gasteiger partial charge in [0.2, 0.25) is 0 Å². The molecule has 1 aliphatic heterocycles. The molecule has 1 heterocycles. The molecule has 36 heavy (non-hydrogen) atoms. The van der Waals surface area contributed by atoms with Crippen molar-refractivity contribution in [2.24, 2.45) is 0 Å². The van der Waals surface area contributed by atoms with E-state index in [0.717, 1.165) is 17.5 Å². The normalized spacial score (nSPS) is 16.8. The van der Waals surface area contributed by atoms with Crippen LogP contribution in [0, 0.1) is 0 Å². The van der Waals surface area contributed by atoms with Crippen molar-refractivity contribution < 1.29 is 29.0 Å². The van der Waals surface area contributed by atoms with Gasteiger partial charge in [-0.25, -0.2) is 4.79 Å². The highest BCUT2D eigenvalue weighted by Gasteiger charge is 2.46. The first-order valence-corrected chi connectivity index (χ1v) is 11.6. The smallest absolute Gasteiger partial charge is 0.337 e. The van der Waals surface area contributed by atoms with Gasteiger partial charge in [-0.2, -0.15) is 0 Å². The van der Waals surface area contributed by atoms with Crippen molar-refractivity contribution in [3.8, 4) is 5.75 Å². The highest BCUT2D eigenvalue weighted by atomic mass is 16.5. The molecule has 7 heteroatoms. The van der Waals surface area contributed by atoms with Crippen molar-refractivity contribution in [1.29, 1.82) is 0 Å². The first-order valence-electron chi connectivity index (χ1n) is 11.6. The van der Waals surface area contributed by atoms with Crippen LogP contribution in [-0.4, -0.2) is 41.9 Å². The van der Waals surface area contributed by atoms with Crippen LogP contribution in [0.2, 0.25) is 0 Å². The second-order valence-corrected chi connectivity index (χ2v) is 8.44. The van der Waals surface area contributed by atoms with Gasteiger partial charge in [-0.05, 0) is 47.4 Å². The summed E-state index contributed by atoms with van der Waals surface area (Å²) in [6, 6.07) is 20.1. The van der Waals surface area contributed by atoms with Gasteiger partial charge in [0.1, 0.15) is 11.5 Å². The summed E-state index contributed by atoms with van der Waals surface area (Å²) in [5.74, 6) is -1.52. The lowest BCUT2D eigenvalue weighted by Gasteiger charge is -2.25. The van der Waals surface area contributed by atoms with Gasteiger partial charge in [-0.15, -0.1) is 0 Å². The molecular formula is C29H27NO6. The molecule has 1 aliphatic rings. The summed E-state index contributed by atoms with van der Waals surface area (Å²) in [5, 5.41) is 11.2. The van der Waals surface area contributed by atoms with E-state index in [1.807, 2.05) is 19.1 Å². The number of aliphatic hydroxyl groups is 1. The highest BCUT2D eigenvalue weighted by Crippen LogP contribution is 2.40. The van der Waals surface area contributed by atoms with Gasteiger partial charge in [0.05, 0.1) is 31.4 Å². The van der Waals surface area contributed by atoms with Crippen LogP contribution in [0.4, 0.5) is 0 Å². The molecule has 7 nitrogen and oxygen atoms in total. The first-order chi connectivity index (χ1) is 17.4. The van der Waals surface area contributed by atoms with E-state index in [9.17, 15) is 19.5 Å². The zero-order valence-electron chi connectivity index (χ0n) is 20.4. The third kappa shape index (κ3) is 4.73. The molecule has 0 bridgehead atoms. The van der Waals surface area contributed by atoms with Crippen LogP contribution < -0.4 is 4.74 Å². The Morgan fingerprint density at radius 2 is 1.44 bits per heavy atom. The fourth-order valence-corrected chi connectivity index (χ4v) is 4.29. The van der Waals surface area contributed by atoms with E-state index >= 15 is 0 Å². The Bertz CT molecular complexity index is 1310. The number of Topliss-reactive ketones (excluding diaryl/α,β-unsaturated/α-hetero) is 1. The second-order valence-electron chi connectivity index (χ2n) is 8.44. The number of aryl methyl sites for hydroxylation is 1. The second kappa shape index (κ2) is 10.5. The molecule has 1 N–H and O–H groups in total.